The van der Waals surface area contributed by atoms with Crippen LogP contribution in [0.5, 0.6) is 0 Å². The second kappa shape index (κ2) is 16.1. The molecule has 0 atom stereocenters. The topological polar surface area (TPSA) is 51.8 Å². The first-order valence-electron chi connectivity index (χ1n) is 17.1. The van der Waals surface area contributed by atoms with Crippen LogP contribution in [-0.2, 0) is 32.9 Å². The van der Waals surface area contributed by atoms with E-state index in [0.29, 0.717) is 0 Å². The second-order valence-corrected chi connectivity index (χ2v) is 18.8. The van der Waals surface area contributed by atoms with Gasteiger partial charge in [0.15, 0.2) is 0 Å². The summed E-state index contributed by atoms with van der Waals surface area (Å²) in [6, 6.07) is 46.1. The molecule has 0 bridgehead atoms. The summed E-state index contributed by atoms with van der Waals surface area (Å²) in [4.78, 5) is 13.9. The molecule has 0 saturated heterocycles. The summed E-state index contributed by atoms with van der Waals surface area (Å²) in [5.74, 6) is -0.271. The number of nitrogens with zero attached hydrogens (tertiary/aromatic N) is 3. The molecule has 0 aliphatic heterocycles. The molecule has 4 heterocycles. The van der Waals surface area contributed by atoms with E-state index in [0.717, 1.165) is 68.7 Å². The standard InChI is InChI=1S/C31H23N2O.C14H15FNSi.Ir/c1-21-30-28(20-25(33-21)18-23-11-6-3-7-12-23)26-13-8-14-27(31(26)34-30)29-19-24(15-16-32-29)17-22-9-4-2-5-10-22;1-17(2,3)13-8-9-14(16-10-13)11-4-6-12(15)7-5-11;/h2-13,15-16,19-20H,17-18H2,1H3;4,6-10H,1-3H3;/q2*-1;. The van der Waals surface area contributed by atoms with E-state index in [2.05, 4.69) is 121 Å². The van der Waals surface area contributed by atoms with E-state index in [9.17, 15) is 4.39 Å². The predicted octanol–water partition coefficient (Wildman–Crippen LogP) is 10.6. The molecule has 0 N–H and O–H groups in total. The Labute approximate surface area is 319 Å². The summed E-state index contributed by atoms with van der Waals surface area (Å²) in [6.45, 7) is 8.87. The third-order valence-corrected chi connectivity index (χ3v) is 10.9. The maximum absolute atomic E-state index is 12.8. The van der Waals surface area contributed by atoms with Crippen LogP contribution in [0.2, 0.25) is 19.6 Å². The molecule has 0 fully saturated rings. The van der Waals surface area contributed by atoms with Crippen LogP contribution in [0.4, 0.5) is 4.39 Å². The molecule has 0 spiro atoms. The summed E-state index contributed by atoms with van der Waals surface area (Å²) in [6.07, 6.45) is 5.45. The number of benzene rings is 4. The Hall–Kier alpha value is -5.07. The first-order chi connectivity index (χ1) is 24.7. The predicted molar refractivity (Wildman–Crippen MR) is 208 cm³/mol. The molecular formula is C45H38FIrN3OSi-2. The van der Waals surface area contributed by atoms with Gasteiger partial charge in [0.2, 0.25) is 0 Å². The summed E-state index contributed by atoms with van der Waals surface area (Å²) >= 11 is 0. The maximum atomic E-state index is 12.8. The summed E-state index contributed by atoms with van der Waals surface area (Å²) in [5, 5.41) is 3.48. The minimum atomic E-state index is -1.30. The van der Waals surface area contributed by atoms with E-state index in [1.807, 2.05) is 43.6 Å². The molecule has 8 rings (SSSR count). The van der Waals surface area contributed by atoms with Gasteiger partial charge in [0.25, 0.3) is 0 Å². The Balaban J connectivity index is 0.000000218. The molecular weight excluding hydrogens is 838 g/mol. The molecule has 4 aromatic heterocycles. The fourth-order valence-corrected chi connectivity index (χ4v) is 7.19. The van der Waals surface area contributed by atoms with E-state index >= 15 is 0 Å². The van der Waals surface area contributed by atoms with Gasteiger partial charge in [-0.05, 0) is 58.7 Å². The van der Waals surface area contributed by atoms with Crippen molar-refractivity contribution in [3.05, 3.63) is 180 Å². The molecule has 0 aliphatic carbocycles. The summed E-state index contributed by atoms with van der Waals surface area (Å²) in [7, 11) is -1.30. The Morgan fingerprint density at radius 2 is 1.42 bits per heavy atom. The number of rotatable bonds is 7. The van der Waals surface area contributed by atoms with Crippen LogP contribution in [-0.4, -0.2) is 23.0 Å². The van der Waals surface area contributed by atoms with Gasteiger partial charge in [-0.25, -0.2) is 0 Å². The number of pyridine rings is 3. The fourth-order valence-electron chi connectivity index (χ4n) is 6.16. The number of hydrogen-bond acceptors (Lipinski definition) is 4. The number of hydrogen-bond donors (Lipinski definition) is 0. The van der Waals surface area contributed by atoms with Crippen molar-refractivity contribution in [3.63, 3.8) is 0 Å². The Morgan fingerprint density at radius 1 is 0.692 bits per heavy atom. The number of aryl methyl sites for hydroxylation is 1. The van der Waals surface area contributed by atoms with Crippen molar-refractivity contribution in [2.45, 2.75) is 39.4 Å². The van der Waals surface area contributed by atoms with Gasteiger partial charge in [0.05, 0.1) is 19.4 Å². The zero-order valence-corrected chi connectivity index (χ0v) is 33.0. The van der Waals surface area contributed by atoms with Crippen molar-refractivity contribution in [2.75, 3.05) is 0 Å². The van der Waals surface area contributed by atoms with Crippen LogP contribution in [0, 0.1) is 24.9 Å². The zero-order valence-electron chi connectivity index (χ0n) is 29.6. The van der Waals surface area contributed by atoms with Crippen molar-refractivity contribution in [1.29, 1.82) is 0 Å². The monoisotopic (exact) mass is 876 g/mol. The number of furan rings is 1. The molecule has 261 valence electrons. The third kappa shape index (κ3) is 8.51. The van der Waals surface area contributed by atoms with Crippen molar-refractivity contribution >= 4 is 35.2 Å². The summed E-state index contributed by atoms with van der Waals surface area (Å²) in [5.41, 5.74) is 10.7. The minimum absolute atomic E-state index is 0. The first kappa shape index (κ1) is 36.7. The van der Waals surface area contributed by atoms with Crippen molar-refractivity contribution < 1.29 is 28.9 Å². The SMILES string of the molecule is C[Si](C)(C)c1ccc(-c2[c-]cc(F)cc2)nc1.Cc1nc(Cc2ccccc2)cc2c1oc1c(-c3cc(Cc4ccccc4)ccn3)[c-]ccc12.[Ir]. The van der Waals surface area contributed by atoms with Gasteiger partial charge in [-0.15, -0.1) is 48.0 Å². The molecule has 7 heteroatoms. The first-order valence-corrected chi connectivity index (χ1v) is 20.6. The molecule has 0 amide bonds. The van der Waals surface area contributed by atoms with Crippen LogP contribution in [0.3, 0.4) is 0 Å². The van der Waals surface area contributed by atoms with Crippen molar-refractivity contribution in [1.82, 2.24) is 15.0 Å². The molecule has 52 heavy (non-hydrogen) atoms. The van der Waals surface area contributed by atoms with Gasteiger partial charge >= 0.3 is 0 Å². The molecule has 0 unspecified atom stereocenters. The van der Waals surface area contributed by atoms with Gasteiger partial charge in [0.1, 0.15) is 5.58 Å². The summed E-state index contributed by atoms with van der Waals surface area (Å²) < 4.78 is 19.2. The maximum Gasteiger partial charge on any atom is 0.142 e. The zero-order chi connectivity index (χ0) is 35.4. The van der Waals surface area contributed by atoms with Gasteiger partial charge in [-0.1, -0.05) is 109 Å². The van der Waals surface area contributed by atoms with Gasteiger partial charge in [-0.2, -0.15) is 0 Å². The van der Waals surface area contributed by atoms with E-state index in [1.165, 1.54) is 34.0 Å². The fraction of sp³-hybridized carbons (Fsp3) is 0.133. The van der Waals surface area contributed by atoms with E-state index < -0.39 is 8.07 Å². The van der Waals surface area contributed by atoms with Crippen molar-refractivity contribution in [3.8, 4) is 22.5 Å². The molecule has 0 aliphatic rings. The molecule has 1 radical (unpaired) electrons. The molecule has 4 nitrogen and oxygen atoms in total. The van der Waals surface area contributed by atoms with Crippen LogP contribution in [0.15, 0.2) is 138 Å². The second-order valence-electron chi connectivity index (χ2n) is 13.7. The average molecular weight is 876 g/mol. The third-order valence-electron chi connectivity index (χ3n) is 8.88. The van der Waals surface area contributed by atoms with Gasteiger partial charge < -0.3 is 14.4 Å². The Kier molecular flexibility index (Phi) is 11.4. The minimum Gasteiger partial charge on any atom is -0.499 e. The average Bonchev–Trinajstić information content (AvgIpc) is 3.52. The molecule has 0 saturated carbocycles. The van der Waals surface area contributed by atoms with Crippen LogP contribution in [0.1, 0.15) is 28.1 Å². The smallest absolute Gasteiger partial charge is 0.142 e. The quantitative estimate of drug-likeness (QED) is 0.118. The van der Waals surface area contributed by atoms with Gasteiger partial charge in [-0.3, -0.25) is 9.37 Å². The Morgan fingerprint density at radius 3 is 2.08 bits per heavy atom. The Bertz CT molecular complexity index is 2410. The number of fused-ring (bicyclic) bond motifs is 3. The van der Waals surface area contributed by atoms with Crippen LogP contribution < -0.4 is 5.19 Å². The van der Waals surface area contributed by atoms with E-state index in [1.54, 1.807) is 6.07 Å². The van der Waals surface area contributed by atoms with E-state index in [-0.39, 0.29) is 25.9 Å². The van der Waals surface area contributed by atoms with E-state index in [4.69, 9.17) is 9.40 Å². The van der Waals surface area contributed by atoms with Gasteiger partial charge in [0, 0.05) is 55.8 Å². The largest absolute Gasteiger partial charge is 0.499 e. The van der Waals surface area contributed by atoms with Crippen molar-refractivity contribution in [2.24, 2.45) is 0 Å². The van der Waals surface area contributed by atoms with Crippen LogP contribution in [0.25, 0.3) is 44.5 Å². The molecule has 8 aromatic rings. The molecule has 4 aromatic carbocycles. The normalized spacial score (nSPS) is 11.2. The number of aromatic nitrogens is 3. The van der Waals surface area contributed by atoms with Crippen LogP contribution >= 0.6 is 0 Å². The number of halogens is 1.